The zero-order chi connectivity index (χ0) is 18.8. The summed E-state index contributed by atoms with van der Waals surface area (Å²) in [4.78, 5) is 24.5. The van der Waals surface area contributed by atoms with Crippen molar-refractivity contribution in [3.63, 3.8) is 0 Å². The molecule has 0 radical (unpaired) electrons. The van der Waals surface area contributed by atoms with Crippen LogP contribution >= 0.6 is 11.8 Å². The monoisotopic (exact) mass is 371 g/mol. The van der Waals surface area contributed by atoms with Crippen molar-refractivity contribution >= 4 is 23.6 Å². The van der Waals surface area contributed by atoms with E-state index in [1.807, 2.05) is 36.4 Å². The van der Waals surface area contributed by atoms with Gasteiger partial charge in [0.05, 0.1) is 6.07 Å². The van der Waals surface area contributed by atoms with Gasteiger partial charge in [-0.15, -0.1) is 0 Å². The third-order valence-corrected chi connectivity index (χ3v) is 4.57. The van der Waals surface area contributed by atoms with Crippen molar-refractivity contribution in [1.29, 1.82) is 5.26 Å². The van der Waals surface area contributed by atoms with Gasteiger partial charge in [-0.3, -0.25) is 9.59 Å². The van der Waals surface area contributed by atoms with Gasteiger partial charge in [-0.05, 0) is 29.8 Å². The van der Waals surface area contributed by atoms with Crippen LogP contribution in [0.15, 0.2) is 54.6 Å². The average Bonchev–Trinajstić information content (AvgIpc) is 2.66. The Morgan fingerprint density at radius 2 is 1.81 bits per heavy atom. The molecule has 2 aromatic carbocycles. The number of nitrogens with zero attached hydrogens (tertiary/aromatic N) is 1. The molecule has 7 heteroatoms. The third-order valence-electron chi connectivity index (χ3n) is 3.47. The van der Waals surface area contributed by atoms with Gasteiger partial charge in [0, 0.05) is 17.1 Å². The number of nitriles is 1. The summed E-state index contributed by atoms with van der Waals surface area (Å²) in [5.74, 6) is -0.303. The lowest BCUT2D eigenvalue weighted by molar-refractivity contribution is -0.122. The van der Waals surface area contributed by atoms with E-state index in [1.54, 1.807) is 0 Å². The highest BCUT2D eigenvalue weighted by atomic mass is 32.2. The summed E-state index contributed by atoms with van der Waals surface area (Å²) in [6, 6.07) is 15.9. The lowest BCUT2D eigenvalue weighted by atomic mass is 10.2. The van der Waals surface area contributed by atoms with Crippen LogP contribution in [0.5, 0.6) is 0 Å². The Balaban J connectivity index is 1.98. The van der Waals surface area contributed by atoms with Crippen molar-refractivity contribution in [3.05, 3.63) is 71.5 Å². The lowest BCUT2D eigenvalue weighted by Gasteiger charge is -2.17. The summed E-state index contributed by atoms with van der Waals surface area (Å²) in [5.41, 5.74) is 1.37. The number of amides is 2. The van der Waals surface area contributed by atoms with E-state index in [4.69, 9.17) is 5.26 Å². The number of hydrogen-bond acceptors (Lipinski definition) is 4. The van der Waals surface area contributed by atoms with Gasteiger partial charge in [-0.25, -0.2) is 4.39 Å². The maximum absolute atomic E-state index is 13.0. The molecule has 0 aliphatic rings. The van der Waals surface area contributed by atoms with Gasteiger partial charge >= 0.3 is 0 Å². The van der Waals surface area contributed by atoms with Crippen LogP contribution in [-0.2, 0) is 10.5 Å². The number of thioether (sulfide) groups is 1. The highest BCUT2D eigenvalue weighted by Gasteiger charge is 2.21. The molecule has 2 amide bonds. The largest absolute Gasteiger partial charge is 0.341 e. The van der Waals surface area contributed by atoms with E-state index in [1.165, 1.54) is 36.0 Å². The number of rotatable bonds is 8. The Bertz CT molecular complexity index is 776. The first kappa shape index (κ1) is 19.5. The van der Waals surface area contributed by atoms with Crippen molar-refractivity contribution in [2.45, 2.75) is 11.8 Å². The minimum Gasteiger partial charge on any atom is -0.341 e. The fourth-order valence-corrected chi connectivity index (χ4v) is 3.16. The summed E-state index contributed by atoms with van der Waals surface area (Å²) in [6.45, 7) is -0.134. The summed E-state index contributed by atoms with van der Waals surface area (Å²) in [6.07, 6.45) is 0. The first-order valence-corrected chi connectivity index (χ1v) is 9.08. The topological polar surface area (TPSA) is 82.0 Å². The summed E-state index contributed by atoms with van der Waals surface area (Å²) >= 11 is 1.50. The van der Waals surface area contributed by atoms with E-state index in [0.29, 0.717) is 11.5 Å². The molecule has 0 aliphatic heterocycles. The molecule has 2 N–H and O–H groups in total. The normalized spacial score (nSPS) is 11.2. The number of carbonyl (C=O) groups is 2. The number of hydrogen-bond donors (Lipinski definition) is 2. The summed E-state index contributed by atoms with van der Waals surface area (Å²) < 4.78 is 13.0. The standard InChI is InChI=1S/C19H18FN3O2S/c20-16-8-6-15(7-9-16)18(24)23-17(19(25)22-11-10-21)13-26-12-14-4-2-1-3-5-14/h1-9,17H,11-13H2,(H,22,25)(H,23,24). The van der Waals surface area contributed by atoms with Crippen molar-refractivity contribution in [2.75, 3.05) is 12.3 Å². The van der Waals surface area contributed by atoms with Crippen molar-refractivity contribution in [2.24, 2.45) is 0 Å². The van der Waals surface area contributed by atoms with Crippen LogP contribution < -0.4 is 10.6 Å². The highest BCUT2D eigenvalue weighted by molar-refractivity contribution is 7.98. The Morgan fingerprint density at radius 3 is 2.46 bits per heavy atom. The molecule has 2 rings (SSSR count). The second-order valence-electron chi connectivity index (χ2n) is 5.41. The maximum Gasteiger partial charge on any atom is 0.251 e. The van der Waals surface area contributed by atoms with Crippen molar-refractivity contribution in [3.8, 4) is 6.07 Å². The molecule has 0 spiro atoms. The Kier molecular flexibility index (Phi) is 7.65. The van der Waals surface area contributed by atoms with Gasteiger partial charge in [0.1, 0.15) is 18.4 Å². The SMILES string of the molecule is N#CCNC(=O)C(CSCc1ccccc1)NC(=O)c1ccc(F)cc1. The Hall–Kier alpha value is -2.85. The van der Waals surface area contributed by atoms with E-state index in [0.717, 1.165) is 5.56 Å². The van der Waals surface area contributed by atoms with Crippen LogP contribution in [0.25, 0.3) is 0 Å². The lowest BCUT2D eigenvalue weighted by Crippen LogP contribution is -2.48. The molecular weight excluding hydrogens is 353 g/mol. The molecule has 2 aromatic rings. The number of benzene rings is 2. The minimum atomic E-state index is -0.797. The quantitative estimate of drug-likeness (QED) is 0.699. The van der Waals surface area contributed by atoms with E-state index >= 15 is 0 Å². The van der Waals surface area contributed by atoms with Crippen LogP contribution in [0.3, 0.4) is 0 Å². The first-order chi connectivity index (χ1) is 12.6. The van der Waals surface area contributed by atoms with Gasteiger partial charge in [0.15, 0.2) is 0 Å². The van der Waals surface area contributed by atoms with Crippen LogP contribution in [-0.4, -0.2) is 30.2 Å². The highest BCUT2D eigenvalue weighted by Crippen LogP contribution is 2.13. The van der Waals surface area contributed by atoms with Gasteiger partial charge in [-0.1, -0.05) is 30.3 Å². The average molecular weight is 371 g/mol. The van der Waals surface area contributed by atoms with E-state index in [9.17, 15) is 14.0 Å². The zero-order valence-corrected chi connectivity index (χ0v) is 14.8. The first-order valence-electron chi connectivity index (χ1n) is 7.93. The van der Waals surface area contributed by atoms with Crippen LogP contribution in [0.1, 0.15) is 15.9 Å². The number of carbonyl (C=O) groups excluding carboxylic acids is 2. The Morgan fingerprint density at radius 1 is 1.12 bits per heavy atom. The van der Waals surface area contributed by atoms with Crippen molar-refractivity contribution in [1.82, 2.24) is 10.6 Å². The predicted octanol–water partition coefficient (Wildman–Crippen LogP) is 2.50. The molecular formula is C19H18FN3O2S. The molecule has 26 heavy (non-hydrogen) atoms. The molecule has 0 fully saturated rings. The van der Waals surface area contributed by atoms with Gasteiger partial charge in [-0.2, -0.15) is 17.0 Å². The van der Waals surface area contributed by atoms with Gasteiger partial charge in [0.2, 0.25) is 5.91 Å². The van der Waals surface area contributed by atoms with Crippen LogP contribution in [0.4, 0.5) is 4.39 Å². The molecule has 5 nitrogen and oxygen atoms in total. The number of nitrogens with one attached hydrogen (secondary N) is 2. The van der Waals surface area contributed by atoms with Crippen LogP contribution in [0.2, 0.25) is 0 Å². The molecule has 1 atom stereocenters. The summed E-state index contributed by atoms with van der Waals surface area (Å²) in [7, 11) is 0. The summed E-state index contributed by atoms with van der Waals surface area (Å²) in [5, 5.41) is 13.7. The van der Waals surface area contributed by atoms with Crippen molar-refractivity contribution < 1.29 is 14.0 Å². The molecule has 0 aliphatic carbocycles. The molecule has 0 saturated carbocycles. The smallest absolute Gasteiger partial charge is 0.251 e. The van der Waals surface area contributed by atoms with E-state index in [2.05, 4.69) is 10.6 Å². The second-order valence-corrected chi connectivity index (χ2v) is 6.44. The zero-order valence-electron chi connectivity index (χ0n) is 13.9. The Labute approximate surface area is 155 Å². The molecule has 134 valence electrons. The van der Waals surface area contributed by atoms with E-state index < -0.39 is 23.7 Å². The third kappa shape index (κ3) is 6.22. The fourth-order valence-electron chi connectivity index (χ4n) is 2.14. The van der Waals surface area contributed by atoms with Gasteiger partial charge in [0.25, 0.3) is 5.91 Å². The molecule has 0 aromatic heterocycles. The fraction of sp³-hybridized carbons (Fsp3) is 0.211. The minimum absolute atomic E-state index is 0.134. The van der Waals surface area contributed by atoms with Gasteiger partial charge < -0.3 is 10.6 Å². The molecule has 0 bridgehead atoms. The van der Waals surface area contributed by atoms with Crippen LogP contribution in [0, 0.1) is 17.1 Å². The predicted molar refractivity (Wildman–Crippen MR) is 98.9 cm³/mol. The molecule has 0 heterocycles. The second kappa shape index (κ2) is 10.2. The maximum atomic E-state index is 13.0. The molecule has 1 unspecified atom stereocenters. The number of halogens is 1. The van der Waals surface area contributed by atoms with E-state index in [-0.39, 0.29) is 12.1 Å². The molecule has 0 saturated heterocycles.